The van der Waals surface area contributed by atoms with E-state index in [-0.39, 0.29) is 0 Å². The molecule has 0 aliphatic heterocycles. The van der Waals surface area contributed by atoms with E-state index in [1.165, 1.54) is 16.0 Å². The van der Waals surface area contributed by atoms with Crippen LogP contribution in [0, 0.1) is 12.3 Å². The number of hydrogen-bond acceptors (Lipinski definition) is 3. The molecule has 3 heteroatoms. The standard InChI is InChI=1S/C11H14N2S/c1-4-10(12)7-8-13(3)11-6-5-9(2)14-11/h4-8,12H,1H2,2-3H3/b8-7-,12-10?. The Morgan fingerprint density at radius 1 is 1.57 bits per heavy atom. The summed E-state index contributed by atoms with van der Waals surface area (Å²) in [5, 5.41) is 8.55. The minimum atomic E-state index is 0.421. The fourth-order valence-corrected chi connectivity index (χ4v) is 1.75. The van der Waals surface area contributed by atoms with Crippen LogP contribution in [0.4, 0.5) is 5.00 Å². The smallest absolute Gasteiger partial charge is 0.0948 e. The molecule has 0 spiro atoms. The molecular weight excluding hydrogens is 192 g/mol. The van der Waals surface area contributed by atoms with Crippen molar-refractivity contribution in [2.45, 2.75) is 6.92 Å². The van der Waals surface area contributed by atoms with Gasteiger partial charge in [0.1, 0.15) is 0 Å². The van der Waals surface area contributed by atoms with Gasteiger partial charge in [0.15, 0.2) is 0 Å². The first-order valence-corrected chi connectivity index (χ1v) is 5.13. The molecule has 1 aromatic rings. The second-order valence-electron chi connectivity index (χ2n) is 2.97. The molecule has 0 saturated heterocycles. The van der Waals surface area contributed by atoms with Crippen LogP contribution in [-0.4, -0.2) is 12.8 Å². The molecule has 1 rings (SSSR count). The number of hydrogen-bond donors (Lipinski definition) is 1. The summed E-state index contributed by atoms with van der Waals surface area (Å²) < 4.78 is 0. The number of allylic oxidation sites excluding steroid dienone is 2. The van der Waals surface area contributed by atoms with Crippen LogP contribution >= 0.6 is 11.3 Å². The lowest BCUT2D eigenvalue weighted by Crippen LogP contribution is -2.06. The van der Waals surface area contributed by atoms with Gasteiger partial charge in [-0.05, 0) is 31.2 Å². The van der Waals surface area contributed by atoms with Crippen molar-refractivity contribution < 1.29 is 0 Å². The fraction of sp³-hybridized carbons (Fsp3) is 0.182. The van der Waals surface area contributed by atoms with Gasteiger partial charge in [-0.15, -0.1) is 11.3 Å². The lowest BCUT2D eigenvalue weighted by Gasteiger charge is -2.09. The first-order valence-electron chi connectivity index (χ1n) is 4.32. The van der Waals surface area contributed by atoms with Gasteiger partial charge in [-0.3, -0.25) is 0 Å². The van der Waals surface area contributed by atoms with Crippen molar-refractivity contribution in [1.29, 1.82) is 5.41 Å². The van der Waals surface area contributed by atoms with Crippen LogP contribution in [0.1, 0.15) is 4.88 Å². The molecule has 0 atom stereocenters. The van der Waals surface area contributed by atoms with E-state index < -0.39 is 0 Å². The summed E-state index contributed by atoms with van der Waals surface area (Å²) in [6.07, 6.45) is 5.11. The van der Waals surface area contributed by atoms with Crippen LogP contribution in [0.5, 0.6) is 0 Å². The Hall–Kier alpha value is -1.35. The van der Waals surface area contributed by atoms with E-state index in [0.717, 1.165) is 0 Å². The molecule has 0 fully saturated rings. The molecule has 0 unspecified atom stereocenters. The molecule has 0 aliphatic rings. The second-order valence-corrected chi connectivity index (χ2v) is 4.24. The van der Waals surface area contributed by atoms with Crippen molar-refractivity contribution in [2.75, 3.05) is 11.9 Å². The maximum Gasteiger partial charge on any atom is 0.0948 e. The molecule has 1 heterocycles. The van der Waals surface area contributed by atoms with Crippen molar-refractivity contribution in [2.24, 2.45) is 0 Å². The van der Waals surface area contributed by atoms with E-state index >= 15 is 0 Å². The zero-order chi connectivity index (χ0) is 10.6. The molecule has 0 aromatic carbocycles. The summed E-state index contributed by atoms with van der Waals surface area (Å²) in [5.74, 6) is 0. The van der Waals surface area contributed by atoms with Crippen LogP contribution < -0.4 is 4.90 Å². The van der Waals surface area contributed by atoms with Gasteiger partial charge in [0.05, 0.1) is 10.7 Å². The van der Waals surface area contributed by atoms with Gasteiger partial charge in [0.25, 0.3) is 0 Å². The van der Waals surface area contributed by atoms with Crippen LogP contribution in [0.15, 0.2) is 37.1 Å². The molecule has 74 valence electrons. The molecule has 1 N–H and O–H groups in total. The zero-order valence-corrected chi connectivity index (χ0v) is 9.27. The van der Waals surface area contributed by atoms with Crippen molar-refractivity contribution in [3.05, 3.63) is 41.9 Å². The largest absolute Gasteiger partial charge is 0.343 e. The molecule has 0 aliphatic carbocycles. The van der Waals surface area contributed by atoms with Gasteiger partial charge in [0, 0.05) is 18.1 Å². The molecule has 14 heavy (non-hydrogen) atoms. The maximum atomic E-state index is 7.37. The first-order chi connectivity index (χ1) is 6.63. The summed E-state index contributed by atoms with van der Waals surface area (Å²) in [6, 6.07) is 4.16. The highest BCUT2D eigenvalue weighted by Crippen LogP contribution is 2.24. The van der Waals surface area contributed by atoms with Crippen molar-refractivity contribution in [3.63, 3.8) is 0 Å². The van der Waals surface area contributed by atoms with Gasteiger partial charge in [-0.1, -0.05) is 6.58 Å². The average Bonchev–Trinajstić information content (AvgIpc) is 2.60. The maximum absolute atomic E-state index is 7.37. The Labute approximate surface area is 88.7 Å². The van der Waals surface area contributed by atoms with Crippen molar-refractivity contribution in [1.82, 2.24) is 0 Å². The lowest BCUT2D eigenvalue weighted by molar-refractivity contribution is 1.24. The van der Waals surface area contributed by atoms with E-state index in [1.807, 2.05) is 18.1 Å². The number of thiophene rings is 1. The number of aryl methyl sites for hydroxylation is 1. The van der Waals surface area contributed by atoms with Gasteiger partial charge in [-0.2, -0.15) is 0 Å². The van der Waals surface area contributed by atoms with Gasteiger partial charge in [0.2, 0.25) is 0 Å². The average molecular weight is 206 g/mol. The number of anilines is 1. The molecule has 0 bridgehead atoms. The van der Waals surface area contributed by atoms with Crippen LogP contribution in [0.3, 0.4) is 0 Å². The Kier molecular flexibility index (Phi) is 3.65. The normalized spacial score (nSPS) is 10.4. The summed E-state index contributed by atoms with van der Waals surface area (Å²) in [7, 11) is 1.97. The molecule has 0 radical (unpaired) electrons. The Balaban J connectivity index is 2.67. The zero-order valence-electron chi connectivity index (χ0n) is 8.45. The summed E-state index contributed by atoms with van der Waals surface area (Å²) in [6.45, 7) is 5.60. The van der Waals surface area contributed by atoms with E-state index in [1.54, 1.807) is 17.4 Å². The summed E-state index contributed by atoms with van der Waals surface area (Å²) >= 11 is 1.73. The molecule has 0 amide bonds. The van der Waals surface area contributed by atoms with Crippen molar-refractivity contribution >= 4 is 22.0 Å². The minimum Gasteiger partial charge on any atom is -0.343 e. The van der Waals surface area contributed by atoms with Crippen LogP contribution in [-0.2, 0) is 0 Å². The third-order valence-electron chi connectivity index (χ3n) is 1.77. The van der Waals surface area contributed by atoms with Gasteiger partial charge >= 0.3 is 0 Å². The van der Waals surface area contributed by atoms with E-state index in [0.29, 0.717) is 5.71 Å². The quantitative estimate of drug-likeness (QED) is 0.752. The SMILES string of the molecule is C=CC(=N)/C=C\N(C)c1ccc(C)s1. The number of rotatable bonds is 4. The topological polar surface area (TPSA) is 27.1 Å². The van der Waals surface area contributed by atoms with E-state index in [2.05, 4.69) is 25.6 Å². The Bertz CT molecular complexity index is 363. The van der Waals surface area contributed by atoms with Crippen LogP contribution in [0.2, 0.25) is 0 Å². The molecule has 1 aromatic heterocycles. The van der Waals surface area contributed by atoms with E-state index in [9.17, 15) is 0 Å². The van der Waals surface area contributed by atoms with Crippen molar-refractivity contribution in [3.8, 4) is 0 Å². The highest BCUT2D eigenvalue weighted by atomic mass is 32.1. The number of nitrogens with one attached hydrogen (secondary N) is 1. The van der Waals surface area contributed by atoms with Gasteiger partial charge in [-0.25, -0.2) is 0 Å². The highest BCUT2D eigenvalue weighted by molar-refractivity contribution is 7.16. The predicted octanol–water partition coefficient (Wildman–Crippen LogP) is 3.21. The lowest BCUT2D eigenvalue weighted by atomic mass is 10.3. The second kappa shape index (κ2) is 4.77. The number of nitrogens with zero attached hydrogens (tertiary/aromatic N) is 1. The minimum absolute atomic E-state index is 0.421. The first kappa shape index (κ1) is 10.7. The monoisotopic (exact) mass is 206 g/mol. The summed E-state index contributed by atoms with van der Waals surface area (Å²) in [4.78, 5) is 3.29. The molecule has 0 saturated carbocycles. The highest BCUT2D eigenvalue weighted by Gasteiger charge is 1.98. The van der Waals surface area contributed by atoms with Gasteiger partial charge < -0.3 is 10.3 Å². The van der Waals surface area contributed by atoms with Crippen LogP contribution in [0.25, 0.3) is 0 Å². The third kappa shape index (κ3) is 2.85. The molecular formula is C11H14N2S. The fourth-order valence-electron chi connectivity index (χ4n) is 0.945. The van der Waals surface area contributed by atoms with E-state index in [4.69, 9.17) is 5.41 Å². The molecule has 2 nitrogen and oxygen atoms in total. The third-order valence-corrected chi connectivity index (χ3v) is 2.86. The summed E-state index contributed by atoms with van der Waals surface area (Å²) in [5.41, 5.74) is 0.421. The predicted molar refractivity (Wildman–Crippen MR) is 64.5 cm³/mol. The Morgan fingerprint density at radius 2 is 2.29 bits per heavy atom. The Morgan fingerprint density at radius 3 is 2.79 bits per heavy atom.